The monoisotopic (exact) mass is 237 g/mol. The molecular weight excluding hydrogens is 222 g/mol. The number of rotatable bonds is 2. The van der Waals surface area contributed by atoms with Gasteiger partial charge < -0.3 is 0 Å². The molecule has 0 saturated heterocycles. The molecule has 18 heavy (non-hydrogen) atoms. The molecule has 0 N–H and O–H groups in total. The van der Waals surface area contributed by atoms with E-state index in [0.717, 1.165) is 11.5 Å². The van der Waals surface area contributed by atoms with Crippen LogP contribution in [0.4, 0.5) is 5.69 Å². The van der Waals surface area contributed by atoms with Crippen LogP contribution in [0.1, 0.15) is 25.3 Å². The standard InChI is InChI=1S/C15H15N3/c1-12(2)13-7-3-4-8-14(13)18-11-17-10-6-5-9-15(17)16-18/h3-10,12H,1-2H3. The van der Waals surface area contributed by atoms with Crippen LogP contribution in [0.25, 0.3) is 0 Å². The lowest BCUT2D eigenvalue weighted by molar-refractivity contribution is 0.684. The molecule has 3 heteroatoms. The van der Waals surface area contributed by atoms with Crippen molar-refractivity contribution in [2.24, 2.45) is 5.10 Å². The molecule has 2 aliphatic heterocycles. The first-order chi connectivity index (χ1) is 8.75. The SMILES string of the molecule is CC(C)c1ccccc1N1[C]N2C=CC=CC2=N1. The van der Waals surface area contributed by atoms with E-state index >= 15 is 0 Å². The highest BCUT2D eigenvalue weighted by molar-refractivity contribution is 5.98. The largest absolute Gasteiger partial charge is 0.298 e. The van der Waals surface area contributed by atoms with E-state index in [1.807, 2.05) is 40.4 Å². The highest BCUT2D eigenvalue weighted by Gasteiger charge is 2.25. The second-order valence-electron chi connectivity index (χ2n) is 4.65. The zero-order chi connectivity index (χ0) is 12.5. The average molecular weight is 237 g/mol. The van der Waals surface area contributed by atoms with Gasteiger partial charge in [0.2, 0.25) is 6.67 Å². The van der Waals surface area contributed by atoms with Crippen LogP contribution in [0.2, 0.25) is 0 Å². The second-order valence-corrected chi connectivity index (χ2v) is 4.65. The van der Waals surface area contributed by atoms with E-state index in [1.54, 1.807) is 0 Å². The molecule has 3 rings (SSSR count). The molecule has 0 fully saturated rings. The quantitative estimate of drug-likeness (QED) is 0.785. The fourth-order valence-corrected chi connectivity index (χ4v) is 2.10. The molecule has 0 amide bonds. The van der Waals surface area contributed by atoms with Crippen LogP contribution in [0.15, 0.2) is 53.8 Å². The zero-order valence-electron chi connectivity index (χ0n) is 10.5. The summed E-state index contributed by atoms with van der Waals surface area (Å²) >= 11 is 0. The first-order valence-electron chi connectivity index (χ1n) is 6.14. The van der Waals surface area contributed by atoms with E-state index in [1.165, 1.54) is 5.56 Å². The van der Waals surface area contributed by atoms with Gasteiger partial charge in [0.1, 0.15) is 0 Å². The number of allylic oxidation sites excluding steroid dienone is 2. The third kappa shape index (κ3) is 1.82. The van der Waals surface area contributed by atoms with Crippen LogP contribution in [-0.2, 0) is 0 Å². The number of anilines is 1. The lowest BCUT2D eigenvalue weighted by atomic mass is 10.0. The predicted octanol–water partition coefficient (Wildman–Crippen LogP) is 3.33. The summed E-state index contributed by atoms with van der Waals surface area (Å²) in [5.74, 6) is 1.36. The van der Waals surface area contributed by atoms with Gasteiger partial charge in [-0.15, -0.1) is 0 Å². The van der Waals surface area contributed by atoms with Gasteiger partial charge in [0.25, 0.3) is 0 Å². The molecule has 2 radical (unpaired) electrons. The number of fused-ring (bicyclic) bond motifs is 1. The number of hydrogen-bond donors (Lipinski definition) is 0. The normalized spacial score (nSPS) is 17.4. The molecule has 0 spiro atoms. The van der Waals surface area contributed by atoms with Crippen molar-refractivity contribution in [1.82, 2.24) is 4.90 Å². The van der Waals surface area contributed by atoms with E-state index in [9.17, 15) is 0 Å². The van der Waals surface area contributed by atoms with Crippen molar-refractivity contribution in [1.29, 1.82) is 0 Å². The molecule has 90 valence electrons. The van der Waals surface area contributed by atoms with Crippen molar-refractivity contribution >= 4 is 11.5 Å². The van der Waals surface area contributed by atoms with Crippen LogP contribution < -0.4 is 5.01 Å². The van der Waals surface area contributed by atoms with Crippen molar-refractivity contribution in [3.8, 4) is 0 Å². The highest BCUT2D eigenvalue weighted by atomic mass is 15.6. The Balaban J connectivity index is 1.96. The van der Waals surface area contributed by atoms with E-state index in [4.69, 9.17) is 0 Å². The molecule has 2 heterocycles. The maximum Gasteiger partial charge on any atom is 0.237 e. The van der Waals surface area contributed by atoms with Gasteiger partial charge in [0, 0.05) is 6.20 Å². The van der Waals surface area contributed by atoms with Gasteiger partial charge in [-0.05, 0) is 29.7 Å². The minimum Gasteiger partial charge on any atom is -0.298 e. The summed E-state index contributed by atoms with van der Waals surface area (Å²) in [4.78, 5) is 1.90. The van der Waals surface area contributed by atoms with E-state index in [-0.39, 0.29) is 0 Å². The lowest BCUT2D eigenvalue weighted by Gasteiger charge is -2.19. The third-order valence-electron chi connectivity index (χ3n) is 3.03. The van der Waals surface area contributed by atoms with Gasteiger partial charge in [-0.1, -0.05) is 38.1 Å². The summed E-state index contributed by atoms with van der Waals surface area (Å²) in [5, 5.41) is 6.37. The summed E-state index contributed by atoms with van der Waals surface area (Å²) in [6.45, 7) is 7.61. The van der Waals surface area contributed by atoms with Crippen LogP contribution in [0, 0.1) is 6.67 Å². The number of para-hydroxylation sites is 1. The Morgan fingerprint density at radius 3 is 2.78 bits per heavy atom. The summed E-state index contributed by atoms with van der Waals surface area (Å²) in [5.41, 5.74) is 2.37. The summed E-state index contributed by atoms with van der Waals surface area (Å²) in [6, 6.07) is 8.32. The Morgan fingerprint density at radius 2 is 2.00 bits per heavy atom. The smallest absolute Gasteiger partial charge is 0.237 e. The number of hydrazone groups is 1. The molecule has 1 aromatic carbocycles. The molecule has 0 bridgehead atoms. The molecule has 3 nitrogen and oxygen atoms in total. The van der Waals surface area contributed by atoms with Crippen LogP contribution in [0.3, 0.4) is 0 Å². The molecule has 0 aromatic heterocycles. The summed E-state index contributed by atoms with van der Waals surface area (Å²) in [6.07, 6.45) is 7.89. The number of amidine groups is 1. The fraction of sp³-hybridized carbons (Fsp3) is 0.200. The molecule has 0 atom stereocenters. The fourth-order valence-electron chi connectivity index (χ4n) is 2.10. The maximum absolute atomic E-state index is 4.55. The molecule has 2 aliphatic rings. The first kappa shape index (κ1) is 11.1. The number of nitrogens with zero attached hydrogens (tertiary/aromatic N) is 3. The van der Waals surface area contributed by atoms with Gasteiger partial charge in [0.05, 0.1) is 5.69 Å². The minimum absolute atomic E-state index is 0.465. The van der Waals surface area contributed by atoms with E-state index in [2.05, 4.69) is 43.8 Å². The van der Waals surface area contributed by atoms with Gasteiger partial charge in [-0.25, -0.2) is 5.01 Å². The third-order valence-corrected chi connectivity index (χ3v) is 3.03. The average Bonchev–Trinajstić information content (AvgIpc) is 2.82. The number of benzene rings is 1. The van der Waals surface area contributed by atoms with E-state index in [0.29, 0.717) is 5.92 Å². The number of hydrogen-bond acceptors (Lipinski definition) is 3. The summed E-state index contributed by atoms with van der Waals surface area (Å²) < 4.78 is 0. The van der Waals surface area contributed by atoms with Crippen LogP contribution >= 0.6 is 0 Å². The topological polar surface area (TPSA) is 18.8 Å². The Kier molecular flexibility index (Phi) is 2.67. The van der Waals surface area contributed by atoms with E-state index < -0.39 is 0 Å². The van der Waals surface area contributed by atoms with Crippen LogP contribution in [-0.4, -0.2) is 10.7 Å². The zero-order valence-corrected chi connectivity index (χ0v) is 10.5. The first-order valence-corrected chi connectivity index (χ1v) is 6.14. The Hall–Kier alpha value is -2.03. The highest BCUT2D eigenvalue weighted by Crippen LogP contribution is 2.31. The van der Waals surface area contributed by atoms with Gasteiger partial charge in [-0.3, -0.25) is 4.90 Å². The van der Waals surface area contributed by atoms with Gasteiger partial charge in [-0.2, -0.15) is 5.10 Å². The molecule has 1 aromatic rings. The maximum atomic E-state index is 4.55. The molecule has 0 unspecified atom stereocenters. The van der Waals surface area contributed by atoms with Crippen LogP contribution in [0.5, 0.6) is 0 Å². The Labute approximate surface area is 108 Å². The molecule has 0 aliphatic carbocycles. The second kappa shape index (κ2) is 4.33. The summed E-state index contributed by atoms with van der Waals surface area (Å²) in [7, 11) is 0. The lowest BCUT2D eigenvalue weighted by Crippen LogP contribution is -2.21. The minimum atomic E-state index is 0.465. The molecule has 0 saturated carbocycles. The van der Waals surface area contributed by atoms with Crippen molar-refractivity contribution < 1.29 is 0 Å². The Morgan fingerprint density at radius 1 is 1.17 bits per heavy atom. The molecular formula is C15H15N3. The van der Waals surface area contributed by atoms with Crippen molar-refractivity contribution in [3.05, 3.63) is 60.9 Å². The van der Waals surface area contributed by atoms with Crippen molar-refractivity contribution in [2.45, 2.75) is 19.8 Å². The van der Waals surface area contributed by atoms with Gasteiger partial charge >= 0.3 is 0 Å². The van der Waals surface area contributed by atoms with Crippen molar-refractivity contribution in [2.75, 3.05) is 5.01 Å². The van der Waals surface area contributed by atoms with Gasteiger partial charge in [0.15, 0.2) is 5.84 Å². The van der Waals surface area contributed by atoms with Crippen molar-refractivity contribution in [3.63, 3.8) is 0 Å². The predicted molar refractivity (Wildman–Crippen MR) is 73.8 cm³/mol. The Bertz CT molecular complexity index is 540.